The number of carbonyl (C=O) groups is 1. The fraction of sp³-hybridized carbons (Fsp3) is 0.409. The molecule has 0 aliphatic carbocycles. The highest BCUT2D eigenvalue weighted by molar-refractivity contribution is 5.94. The zero-order valence-corrected chi connectivity index (χ0v) is 17.2. The molecule has 2 aromatic heterocycles. The second-order valence-corrected chi connectivity index (χ2v) is 8.05. The van der Waals surface area contributed by atoms with E-state index >= 15 is 0 Å². The van der Waals surface area contributed by atoms with Gasteiger partial charge >= 0.3 is 0 Å². The molecular weight excluding hydrogens is 364 g/mol. The van der Waals surface area contributed by atoms with Gasteiger partial charge in [0.25, 0.3) is 5.91 Å². The van der Waals surface area contributed by atoms with Gasteiger partial charge in [-0.3, -0.25) is 19.0 Å². The lowest BCUT2D eigenvalue weighted by atomic mass is 10.1. The minimum Gasteiger partial charge on any atom is -0.350 e. The van der Waals surface area contributed by atoms with Crippen LogP contribution in [0.15, 0.2) is 48.7 Å². The lowest BCUT2D eigenvalue weighted by molar-refractivity contribution is 0.0852. The number of carbonyl (C=O) groups excluding carboxylic acids is 1. The van der Waals surface area contributed by atoms with E-state index in [1.54, 1.807) is 6.07 Å². The maximum atomic E-state index is 12.4. The summed E-state index contributed by atoms with van der Waals surface area (Å²) in [5.74, 6) is 0.795. The van der Waals surface area contributed by atoms with Crippen LogP contribution >= 0.6 is 0 Å². The first-order valence-corrected chi connectivity index (χ1v) is 10.1. The Kier molecular flexibility index (Phi) is 5.60. The lowest BCUT2D eigenvalue weighted by Gasteiger charge is -2.38. The average Bonchev–Trinajstić information content (AvgIpc) is 3.13. The molecule has 1 aromatic carbocycles. The number of nitrogens with one attached hydrogen (secondary N) is 1. The Labute approximate surface area is 171 Å². The van der Waals surface area contributed by atoms with E-state index in [0.717, 1.165) is 37.7 Å². The maximum absolute atomic E-state index is 12.4. The molecule has 0 radical (unpaired) electrons. The summed E-state index contributed by atoms with van der Waals surface area (Å²) in [7, 11) is 2.13. The monoisotopic (exact) mass is 392 g/mol. The summed E-state index contributed by atoms with van der Waals surface area (Å²) in [6.45, 7) is 7.68. The normalized spacial score (nSPS) is 18.4. The largest absolute Gasteiger partial charge is 0.350 e. The molecule has 1 unspecified atom stereocenters. The second kappa shape index (κ2) is 8.31. The third-order valence-electron chi connectivity index (χ3n) is 5.39. The summed E-state index contributed by atoms with van der Waals surface area (Å²) >= 11 is 0. The van der Waals surface area contributed by atoms with Crippen LogP contribution in [0, 0.1) is 0 Å². The molecule has 1 atom stereocenters. The van der Waals surface area contributed by atoms with Crippen LogP contribution in [0.5, 0.6) is 0 Å². The van der Waals surface area contributed by atoms with E-state index in [1.165, 1.54) is 5.56 Å². The number of fused-ring (bicyclic) bond motifs is 1. The van der Waals surface area contributed by atoms with Crippen molar-refractivity contribution >= 4 is 11.6 Å². The number of likely N-dealkylation sites (N-methyl/N-ethyl adjacent to an activating group) is 1. The highest BCUT2D eigenvalue weighted by Crippen LogP contribution is 2.24. The van der Waals surface area contributed by atoms with Gasteiger partial charge in [0.15, 0.2) is 11.5 Å². The third-order valence-corrected chi connectivity index (χ3v) is 5.39. The molecule has 7 nitrogen and oxygen atoms in total. The van der Waals surface area contributed by atoms with Gasteiger partial charge in [-0.15, -0.1) is 10.2 Å². The molecule has 3 aromatic rings. The molecule has 3 heterocycles. The van der Waals surface area contributed by atoms with E-state index in [2.05, 4.69) is 56.6 Å². The quantitative estimate of drug-likeness (QED) is 0.722. The first kappa shape index (κ1) is 19.5. The Bertz CT molecular complexity index is 983. The second-order valence-electron chi connectivity index (χ2n) is 8.05. The molecule has 0 spiro atoms. The minimum atomic E-state index is -0.0794. The SMILES string of the molecule is CC(C)NC(=O)c1ccc2nnc(C3CN(Cc4ccccc4)CCN3C)n2c1. The number of benzene rings is 1. The summed E-state index contributed by atoms with van der Waals surface area (Å²) in [6.07, 6.45) is 1.85. The van der Waals surface area contributed by atoms with Gasteiger partial charge in [-0.1, -0.05) is 30.3 Å². The minimum absolute atomic E-state index is 0.0794. The van der Waals surface area contributed by atoms with Crippen molar-refractivity contribution in [1.29, 1.82) is 0 Å². The molecule has 0 saturated carbocycles. The van der Waals surface area contributed by atoms with Crippen LogP contribution in [0.3, 0.4) is 0 Å². The number of aromatic nitrogens is 3. The zero-order valence-electron chi connectivity index (χ0n) is 17.2. The van der Waals surface area contributed by atoms with Crippen molar-refractivity contribution in [2.24, 2.45) is 0 Å². The summed E-state index contributed by atoms with van der Waals surface area (Å²) in [6, 6.07) is 14.4. The Morgan fingerprint density at radius 3 is 2.69 bits per heavy atom. The van der Waals surface area contributed by atoms with E-state index in [-0.39, 0.29) is 18.0 Å². The first-order valence-electron chi connectivity index (χ1n) is 10.1. The number of amides is 1. The first-order chi connectivity index (χ1) is 14.0. The van der Waals surface area contributed by atoms with Crippen LogP contribution in [0.4, 0.5) is 0 Å². The van der Waals surface area contributed by atoms with Crippen molar-refractivity contribution in [1.82, 2.24) is 29.7 Å². The summed E-state index contributed by atoms with van der Waals surface area (Å²) in [4.78, 5) is 17.2. The Balaban J connectivity index is 1.59. The fourth-order valence-electron chi connectivity index (χ4n) is 3.81. The molecule has 7 heteroatoms. The Hall–Kier alpha value is -2.77. The average molecular weight is 393 g/mol. The fourth-order valence-corrected chi connectivity index (χ4v) is 3.81. The molecule has 1 N–H and O–H groups in total. The van der Waals surface area contributed by atoms with E-state index in [4.69, 9.17) is 0 Å². The highest BCUT2D eigenvalue weighted by atomic mass is 16.1. The van der Waals surface area contributed by atoms with Gasteiger partial charge in [0.1, 0.15) is 0 Å². The van der Waals surface area contributed by atoms with Crippen molar-refractivity contribution in [3.05, 3.63) is 65.6 Å². The lowest BCUT2D eigenvalue weighted by Crippen LogP contribution is -2.46. The number of piperazine rings is 1. The Morgan fingerprint density at radius 2 is 1.93 bits per heavy atom. The molecule has 1 fully saturated rings. The molecular formula is C22H28N6O. The standard InChI is InChI=1S/C22H28N6O/c1-16(2)23-22(29)18-9-10-20-24-25-21(28(20)14-18)19-15-27(12-11-26(19)3)13-17-7-5-4-6-8-17/h4-10,14,16,19H,11-13,15H2,1-3H3,(H,23,29). The summed E-state index contributed by atoms with van der Waals surface area (Å²) < 4.78 is 1.96. The van der Waals surface area contributed by atoms with E-state index in [0.29, 0.717) is 5.56 Å². The molecule has 1 saturated heterocycles. The van der Waals surface area contributed by atoms with Gasteiger partial charge in [0, 0.05) is 38.4 Å². The predicted molar refractivity (Wildman–Crippen MR) is 113 cm³/mol. The van der Waals surface area contributed by atoms with Gasteiger partial charge in [0.2, 0.25) is 0 Å². The van der Waals surface area contributed by atoms with Crippen molar-refractivity contribution in [2.45, 2.75) is 32.5 Å². The van der Waals surface area contributed by atoms with Crippen LogP contribution in [0.2, 0.25) is 0 Å². The number of nitrogens with zero attached hydrogens (tertiary/aromatic N) is 5. The third kappa shape index (κ3) is 4.31. The molecule has 4 rings (SSSR count). The van der Waals surface area contributed by atoms with E-state index in [9.17, 15) is 4.79 Å². The van der Waals surface area contributed by atoms with Gasteiger partial charge in [0.05, 0.1) is 11.6 Å². The highest BCUT2D eigenvalue weighted by Gasteiger charge is 2.29. The van der Waals surface area contributed by atoms with Crippen LogP contribution in [-0.2, 0) is 6.54 Å². The molecule has 29 heavy (non-hydrogen) atoms. The van der Waals surface area contributed by atoms with E-state index in [1.807, 2.05) is 36.6 Å². The Morgan fingerprint density at radius 1 is 1.14 bits per heavy atom. The van der Waals surface area contributed by atoms with Crippen molar-refractivity contribution in [3.63, 3.8) is 0 Å². The van der Waals surface area contributed by atoms with Gasteiger partial charge < -0.3 is 5.32 Å². The predicted octanol–water partition coefficient (Wildman–Crippen LogP) is 2.36. The van der Waals surface area contributed by atoms with Gasteiger partial charge in [-0.25, -0.2) is 0 Å². The number of hydrogen-bond donors (Lipinski definition) is 1. The number of hydrogen-bond acceptors (Lipinski definition) is 5. The molecule has 1 aliphatic heterocycles. The maximum Gasteiger partial charge on any atom is 0.252 e. The van der Waals surface area contributed by atoms with Crippen LogP contribution in [-0.4, -0.2) is 63.0 Å². The van der Waals surface area contributed by atoms with E-state index < -0.39 is 0 Å². The topological polar surface area (TPSA) is 65.8 Å². The molecule has 152 valence electrons. The number of pyridine rings is 1. The summed E-state index contributed by atoms with van der Waals surface area (Å²) in [5.41, 5.74) is 2.69. The van der Waals surface area contributed by atoms with Gasteiger partial charge in [-0.05, 0) is 38.6 Å². The molecule has 0 bridgehead atoms. The van der Waals surface area contributed by atoms with Crippen molar-refractivity contribution in [3.8, 4) is 0 Å². The van der Waals surface area contributed by atoms with Gasteiger partial charge in [-0.2, -0.15) is 0 Å². The van der Waals surface area contributed by atoms with Crippen LogP contribution < -0.4 is 5.32 Å². The summed E-state index contributed by atoms with van der Waals surface area (Å²) in [5, 5.41) is 11.8. The van der Waals surface area contributed by atoms with Crippen molar-refractivity contribution < 1.29 is 4.79 Å². The van der Waals surface area contributed by atoms with Crippen molar-refractivity contribution in [2.75, 3.05) is 26.7 Å². The number of rotatable bonds is 5. The zero-order chi connectivity index (χ0) is 20.4. The molecule has 1 amide bonds. The molecule has 1 aliphatic rings. The smallest absolute Gasteiger partial charge is 0.252 e. The van der Waals surface area contributed by atoms with Crippen LogP contribution in [0.25, 0.3) is 5.65 Å². The van der Waals surface area contributed by atoms with Crippen LogP contribution in [0.1, 0.15) is 41.6 Å².